The predicted octanol–water partition coefficient (Wildman–Crippen LogP) is 4.01. The lowest BCUT2D eigenvalue weighted by Gasteiger charge is -2.07. The number of rotatable bonds is 7. The first-order chi connectivity index (χ1) is 15.7. The van der Waals surface area contributed by atoms with E-state index in [1.807, 2.05) is 0 Å². The normalized spacial score (nSPS) is 11.7. The molecule has 0 fully saturated rings. The Kier molecular flexibility index (Phi) is 5.84. The maximum Gasteiger partial charge on any atom is 0.347 e. The highest BCUT2D eigenvalue weighted by Crippen LogP contribution is 2.22. The maximum absolute atomic E-state index is 12.5. The highest BCUT2D eigenvalue weighted by Gasteiger charge is 2.19. The molecule has 9 nitrogen and oxygen atoms in total. The van der Waals surface area contributed by atoms with Gasteiger partial charge in [0.1, 0.15) is 11.1 Å². The number of benzene rings is 2. The molecule has 2 aromatic carbocycles. The van der Waals surface area contributed by atoms with Crippen molar-refractivity contribution in [2.45, 2.75) is 18.7 Å². The molecule has 0 aliphatic carbocycles. The first-order valence-corrected chi connectivity index (χ1v) is 11.3. The molecule has 0 radical (unpaired) electrons. The number of sulfonamides is 1. The molecule has 4 rings (SSSR count). The minimum absolute atomic E-state index is 0.0235. The van der Waals surface area contributed by atoms with E-state index in [2.05, 4.69) is 15.2 Å². The molecule has 0 aliphatic heterocycles. The zero-order valence-corrected chi connectivity index (χ0v) is 18.5. The van der Waals surface area contributed by atoms with Crippen molar-refractivity contribution in [3.63, 3.8) is 0 Å². The van der Waals surface area contributed by atoms with Gasteiger partial charge in [0.2, 0.25) is 5.88 Å². The molecular weight excluding hydrogens is 446 g/mol. The Bertz CT molecular complexity index is 1530. The molecule has 0 spiro atoms. The van der Waals surface area contributed by atoms with Gasteiger partial charge >= 0.3 is 5.63 Å². The van der Waals surface area contributed by atoms with Crippen LogP contribution in [-0.4, -0.2) is 19.4 Å². The molecule has 0 saturated heterocycles. The second kappa shape index (κ2) is 8.75. The predicted molar refractivity (Wildman–Crippen MR) is 123 cm³/mol. The van der Waals surface area contributed by atoms with Crippen molar-refractivity contribution in [2.24, 2.45) is 0 Å². The third kappa shape index (κ3) is 4.70. The number of aryl methyl sites for hydroxylation is 1. The summed E-state index contributed by atoms with van der Waals surface area (Å²) in [5, 5.41) is 7.23. The number of hydrogen-bond acceptors (Lipinski definition) is 8. The van der Waals surface area contributed by atoms with Crippen molar-refractivity contribution in [1.82, 2.24) is 5.16 Å². The Morgan fingerprint density at radius 2 is 1.79 bits per heavy atom. The van der Waals surface area contributed by atoms with Crippen molar-refractivity contribution in [3.05, 3.63) is 94.1 Å². The molecule has 2 aromatic heterocycles. The minimum atomic E-state index is -3.86. The minimum Gasteiger partial charge on any atom is -0.422 e. The van der Waals surface area contributed by atoms with E-state index in [0.29, 0.717) is 27.9 Å². The molecular formula is C23H19N3O6S. The van der Waals surface area contributed by atoms with Gasteiger partial charge in [-0.05, 0) is 50.2 Å². The second-order valence-electron chi connectivity index (χ2n) is 7.18. The fourth-order valence-corrected chi connectivity index (χ4v) is 4.01. The van der Waals surface area contributed by atoms with E-state index in [0.717, 1.165) is 0 Å². The number of nitrogens with one attached hydrogen (secondary N) is 2. The second-order valence-corrected chi connectivity index (χ2v) is 8.86. The van der Waals surface area contributed by atoms with Gasteiger partial charge in [0.15, 0.2) is 5.78 Å². The summed E-state index contributed by atoms with van der Waals surface area (Å²) in [4.78, 5) is 24.5. The summed E-state index contributed by atoms with van der Waals surface area (Å²) in [7, 11) is -3.86. The van der Waals surface area contributed by atoms with Gasteiger partial charge in [-0.2, -0.15) is 0 Å². The van der Waals surface area contributed by atoms with Gasteiger partial charge in [-0.3, -0.25) is 4.79 Å². The number of anilines is 2. The topological polar surface area (TPSA) is 132 Å². The number of ketones is 1. The quantitative estimate of drug-likeness (QED) is 0.238. The van der Waals surface area contributed by atoms with E-state index in [4.69, 9.17) is 8.94 Å². The van der Waals surface area contributed by atoms with Crippen molar-refractivity contribution < 1.29 is 22.2 Å². The van der Waals surface area contributed by atoms with Crippen LogP contribution in [0.3, 0.4) is 0 Å². The molecule has 0 saturated carbocycles. The van der Waals surface area contributed by atoms with Crippen LogP contribution in [0.15, 0.2) is 85.5 Å². The van der Waals surface area contributed by atoms with Crippen molar-refractivity contribution in [2.75, 3.05) is 10.0 Å². The molecule has 0 atom stereocenters. The van der Waals surface area contributed by atoms with E-state index < -0.39 is 21.4 Å². The average molecular weight is 465 g/mol. The molecule has 4 aromatic rings. The first kappa shape index (κ1) is 22.0. The SMILES string of the molecule is Cc1noc(NS(=O)(=O)c2ccc(N/C=C\C(=O)c3cc4ccccc4oc3=O)cc2)c1C. The van der Waals surface area contributed by atoms with Crippen LogP contribution in [0.2, 0.25) is 0 Å². The van der Waals surface area contributed by atoms with Crippen LogP contribution < -0.4 is 15.7 Å². The van der Waals surface area contributed by atoms with Crippen LogP contribution in [0.4, 0.5) is 11.6 Å². The lowest BCUT2D eigenvalue weighted by atomic mass is 10.1. The van der Waals surface area contributed by atoms with Gasteiger partial charge in [0.25, 0.3) is 10.0 Å². The van der Waals surface area contributed by atoms with Crippen LogP contribution in [0.25, 0.3) is 11.0 Å². The Labute approximate surface area is 188 Å². The number of allylic oxidation sites excluding steroid dienone is 1. The van der Waals surface area contributed by atoms with Crippen LogP contribution in [0.5, 0.6) is 0 Å². The summed E-state index contributed by atoms with van der Waals surface area (Å²) >= 11 is 0. The average Bonchev–Trinajstić information content (AvgIpc) is 3.10. The van der Waals surface area contributed by atoms with Gasteiger partial charge in [-0.25, -0.2) is 17.9 Å². The molecule has 33 heavy (non-hydrogen) atoms. The molecule has 2 N–H and O–H groups in total. The number of carbonyl (C=O) groups excluding carboxylic acids is 1. The molecule has 0 bridgehead atoms. The standard InChI is InChI=1S/C23H19N3O6S/c1-14-15(2)25-32-22(14)26-33(29,30)18-9-7-17(8-10-18)24-12-11-20(27)19-13-16-5-3-4-6-21(16)31-23(19)28/h3-13,24,26H,1-2H3/b12-11-. The van der Waals surface area contributed by atoms with Crippen molar-refractivity contribution in [3.8, 4) is 0 Å². The lowest BCUT2D eigenvalue weighted by Crippen LogP contribution is -2.13. The van der Waals surface area contributed by atoms with Gasteiger partial charge in [0, 0.05) is 28.9 Å². The summed E-state index contributed by atoms with van der Waals surface area (Å²) in [5.74, 6) is -0.461. The van der Waals surface area contributed by atoms with Crippen LogP contribution >= 0.6 is 0 Å². The summed E-state index contributed by atoms with van der Waals surface area (Å²) in [5.41, 5.74) is 1.33. The largest absolute Gasteiger partial charge is 0.422 e. The van der Waals surface area contributed by atoms with Gasteiger partial charge in [-0.1, -0.05) is 23.4 Å². The highest BCUT2D eigenvalue weighted by molar-refractivity contribution is 7.92. The van der Waals surface area contributed by atoms with Crippen molar-refractivity contribution in [1.29, 1.82) is 0 Å². The first-order valence-electron chi connectivity index (χ1n) is 9.81. The number of aromatic nitrogens is 1. The number of hydrogen-bond donors (Lipinski definition) is 2. The molecule has 0 unspecified atom stereocenters. The molecule has 0 aliphatic rings. The van der Waals surface area contributed by atoms with Crippen LogP contribution in [-0.2, 0) is 10.0 Å². The molecule has 10 heteroatoms. The molecule has 2 heterocycles. The molecule has 0 amide bonds. The number of nitrogens with zero attached hydrogens (tertiary/aromatic N) is 1. The van der Waals surface area contributed by atoms with E-state index in [1.54, 1.807) is 38.1 Å². The van der Waals surface area contributed by atoms with E-state index >= 15 is 0 Å². The Morgan fingerprint density at radius 3 is 2.48 bits per heavy atom. The fourth-order valence-electron chi connectivity index (χ4n) is 2.96. The smallest absolute Gasteiger partial charge is 0.347 e. The van der Waals surface area contributed by atoms with Crippen LogP contribution in [0, 0.1) is 13.8 Å². The third-order valence-electron chi connectivity index (χ3n) is 4.94. The number of para-hydroxylation sites is 1. The van der Waals surface area contributed by atoms with Gasteiger partial charge in [0.05, 0.1) is 10.6 Å². The van der Waals surface area contributed by atoms with Gasteiger partial charge < -0.3 is 14.3 Å². The number of fused-ring (bicyclic) bond motifs is 1. The molecule has 168 valence electrons. The van der Waals surface area contributed by atoms with E-state index in [9.17, 15) is 18.0 Å². The number of carbonyl (C=O) groups is 1. The van der Waals surface area contributed by atoms with Crippen LogP contribution in [0.1, 0.15) is 21.6 Å². The van der Waals surface area contributed by atoms with E-state index in [1.165, 1.54) is 42.6 Å². The van der Waals surface area contributed by atoms with E-state index in [-0.39, 0.29) is 16.3 Å². The monoisotopic (exact) mass is 465 g/mol. The summed E-state index contributed by atoms with van der Waals surface area (Å²) in [6, 6.07) is 14.3. The zero-order valence-electron chi connectivity index (χ0n) is 17.7. The lowest BCUT2D eigenvalue weighted by molar-refractivity contribution is 0.104. The highest BCUT2D eigenvalue weighted by atomic mass is 32.2. The summed E-state index contributed by atoms with van der Waals surface area (Å²) in [6.45, 7) is 3.41. The van der Waals surface area contributed by atoms with Gasteiger partial charge in [-0.15, -0.1) is 0 Å². The Hall–Kier alpha value is -4.18. The summed E-state index contributed by atoms with van der Waals surface area (Å²) < 4.78 is 37.6. The third-order valence-corrected chi connectivity index (χ3v) is 6.29. The Balaban J connectivity index is 1.44. The summed E-state index contributed by atoms with van der Waals surface area (Å²) in [6.07, 6.45) is 2.56. The zero-order chi connectivity index (χ0) is 23.6. The van der Waals surface area contributed by atoms with Crippen molar-refractivity contribution >= 4 is 38.3 Å². The maximum atomic E-state index is 12.5. The fraction of sp³-hybridized carbons (Fsp3) is 0.0870. The Morgan fingerprint density at radius 1 is 1.06 bits per heavy atom.